The number of aliphatic hydroxyl groups is 1. The Morgan fingerprint density at radius 1 is 0.933 bits per heavy atom. The Hall–Kier alpha value is -0.0400. The van der Waals surface area contributed by atoms with Crippen molar-refractivity contribution in [2.24, 2.45) is 10.8 Å². The van der Waals surface area contributed by atoms with E-state index in [1.54, 1.807) is 0 Å². The maximum atomic E-state index is 10.2. The van der Waals surface area contributed by atoms with Gasteiger partial charge in [0.15, 0.2) is 0 Å². The van der Waals surface area contributed by atoms with Gasteiger partial charge in [-0.3, -0.25) is 0 Å². The van der Waals surface area contributed by atoms with Gasteiger partial charge in [-0.1, -0.05) is 48.0 Å². The zero-order valence-corrected chi connectivity index (χ0v) is 11.6. The normalized spacial score (nSPS) is 15.4. The van der Waals surface area contributed by atoms with Gasteiger partial charge in [-0.25, -0.2) is 0 Å². The maximum Gasteiger partial charge on any atom is 0.0593 e. The number of hydrogen-bond acceptors (Lipinski definition) is 1. The van der Waals surface area contributed by atoms with E-state index in [1.807, 2.05) is 0 Å². The van der Waals surface area contributed by atoms with E-state index >= 15 is 0 Å². The highest BCUT2D eigenvalue weighted by atomic mass is 16.3. The van der Waals surface area contributed by atoms with Crippen LogP contribution < -0.4 is 0 Å². The lowest BCUT2D eigenvalue weighted by atomic mass is 9.74. The second-order valence-electron chi connectivity index (χ2n) is 5.93. The van der Waals surface area contributed by atoms with Crippen LogP contribution in [0.5, 0.6) is 0 Å². The van der Waals surface area contributed by atoms with E-state index < -0.39 is 0 Å². The first-order valence-corrected chi connectivity index (χ1v) is 6.49. The molecule has 0 saturated carbocycles. The molecule has 0 heterocycles. The standard InChI is InChI=1S/C14H30O/c1-7-13(4,5)11-10-12(15)14(6,8-2)9-3/h12,15H,7-11H2,1-6H3. The SMILES string of the molecule is CCC(C)(C)CCC(O)C(C)(CC)CC. The molecular formula is C14H30O. The molecular weight excluding hydrogens is 184 g/mol. The monoisotopic (exact) mass is 214 g/mol. The summed E-state index contributed by atoms with van der Waals surface area (Å²) in [7, 11) is 0. The van der Waals surface area contributed by atoms with Crippen LogP contribution in [-0.4, -0.2) is 11.2 Å². The molecule has 0 fully saturated rings. The van der Waals surface area contributed by atoms with Gasteiger partial charge in [-0.2, -0.15) is 0 Å². The quantitative estimate of drug-likeness (QED) is 0.666. The molecule has 0 aliphatic carbocycles. The fraction of sp³-hybridized carbons (Fsp3) is 1.00. The van der Waals surface area contributed by atoms with E-state index in [1.165, 1.54) is 6.42 Å². The lowest BCUT2D eigenvalue weighted by Gasteiger charge is -2.34. The van der Waals surface area contributed by atoms with Crippen LogP contribution in [0.15, 0.2) is 0 Å². The summed E-state index contributed by atoms with van der Waals surface area (Å²) in [5.41, 5.74) is 0.493. The highest BCUT2D eigenvalue weighted by Gasteiger charge is 2.30. The number of aliphatic hydroxyl groups excluding tert-OH is 1. The molecule has 0 saturated heterocycles. The van der Waals surface area contributed by atoms with Crippen molar-refractivity contribution in [2.75, 3.05) is 0 Å². The van der Waals surface area contributed by atoms with Gasteiger partial charge in [-0.15, -0.1) is 0 Å². The molecule has 1 unspecified atom stereocenters. The number of rotatable bonds is 7. The molecule has 0 aromatic heterocycles. The zero-order valence-electron chi connectivity index (χ0n) is 11.6. The first-order chi connectivity index (χ1) is 6.81. The molecule has 0 amide bonds. The fourth-order valence-electron chi connectivity index (χ4n) is 1.77. The summed E-state index contributed by atoms with van der Waals surface area (Å²) in [6, 6.07) is 0. The summed E-state index contributed by atoms with van der Waals surface area (Å²) in [5.74, 6) is 0. The van der Waals surface area contributed by atoms with E-state index in [0.717, 1.165) is 25.7 Å². The summed E-state index contributed by atoms with van der Waals surface area (Å²) < 4.78 is 0. The second kappa shape index (κ2) is 5.89. The van der Waals surface area contributed by atoms with Crippen molar-refractivity contribution in [2.45, 2.75) is 79.8 Å². The minimum Gasteiger partial charge on any atom is -0.393 e. The molecule has 0 aliphatic heterocycles. The highest BCUT2D eigenvalue weighted by molar-refractivity contribution is 4.81. The Morgan fingerprint density at radius 3 is 1.73 bits per heavy atom. The third-order valence-corrected chi connectivity index (χ3v) is 4.47. The van der Waals surface area contributed by atoms with Crippen LogP contribution in [0.2, 0.25) is 0 Å². The van der Waals surface area contributed by atoms with Crippen LogP contribution in [0.25, 0.3) is 0 Å². The third kappa shape index (κ3) is 4.55. The van der Waals surface area contributed by atoms with E-state index in [0.29, 0.717) is 5.41 Å². The molecule has 1 N–H and O–H groups in total. The summed E-state index contributed by atoms with van der Waals surface area (Å²) >= 11 is 0. The van der Waals surface area contributed by atoms with Gasteiger partial charge < -0.3 is 5.11 Å². The Bertz CT molecular complexity index is 168. The fourth-order valence-corrected chi connectivity index (χ4v) is 1.77. The van der Waals surface area contributed by atoms with Crippen LogP contribution >= 0.6 is 0 Å². The molecule has 0 aliphatic rings. The molecule has 1 nitrogen and oxygen atoms in total. The van der Waals surface area contributed by atoms with Crippen molar-refractivity contribution >= 4 is 0 Å². The van der Waals surface area contributed by atoms with Gasteiger partial charge >= 0.3 is 0 Å². The van der Waals surface area contributed by atoms with Crippen molar-refractivity contribution in [1.82, 2.24) is 0 Å². The Balaban J connectivity index is 4.19. The maximum absolute atomic E-state index is 10.2. The van der Waals surface area contributed by atoms with Gasteiger partial charge in [0.25, 0.3) is 0 Å². The molecule has 15 heavy (non-hydrogen) atoms. The van der Waals surface area contributed by atoms with Crippen LogP contribution in [0.1, 0.15) is 73.6 Å². The van der Waals surface area contributed by atoms with Crippen LogP contribution in [-0.2, 0) is 0 Å². The van der Waals surface area contributed by atoms with Crippen LogP contribution in [0.4, 0.5) is 0 Å². The molecule has 0 aromatic carbocycles. The molecule has 0 bridgehead atoms. The minimum atomic E-state index is -0.140. The highest BCUT2D eigenvalue weighted by Crippen LogP contribution is 2.35. The van der Waals surface area contributed by atoms with Crippen LogP contribution in [0.3, 0.4) is 0 Å². The Labute approximate surface area is 96.3 Å². The molecule has 0 spiro atoms. The lowest BCUT2D eigenvalue weighted by Crippen LogP contribution is -2.32. The van der Waals surface area contributed by atoms with E-state index in [9.17, 15) is 5.11 Å². The van der Waals surface area contributed by atoms with E-state index in [-0.39, 0.29) is 11.5 Å². The summed E-state index contributed by atoms with van der Waals surface area (Å²) in [6.45, 7) is 13.4. The van der Waals surface area contributed by atoms with Gasteiger partial charge in [-0.05, 0) is 36.5 Å². The van der Waals surface area contributed by atoms with Gasteiger partial charge in [0.2, 0.25) is 0 Å². The third-order valence-electron chi connectivity index (χ3n) is 4.47. The predicted molar refractivity (Wildman–Crippen MR) is 68.0 cm³/mol. The second-order valence-corrected chi connectivity index (χ2v) is 5.93. The van der Waals surface area contributed by atoms with Gasteiger partial charge in [0, 0.05) is 0 Å². The molecule has 0 rings (SSSR count). The average molecular weight is 214 g/mol. The van der Waals surface area contributed by atoms with E-state index in [4.69, 9.17) is 0 Å². The average Bonchev–Trinajstić information content (AvgIpc) is 2.24. The summed E-state index contributed by atoms with van der Waals surface area (Å²) in [5, 5.41) is 10.2. The first kappa shape index (κ1) is 15.0. The molecule has 1 atom stereocenters. The lowest BCUT2D eigenvalue weighted by molar-refractivity contribution is 0.0155. The van der Waals surface area contributed by atoms with Crippen molar-refractivity contribution in [3.8, 4) is 0 Å². The largest absolute Gasteiger partial charge is 0.393 e. The van der Waals surface area contributed by atoms with Gasteiger partial charge in [0.1, 0.15) is 0 Å². The molecule has 0 radical (unpaired) electrons. The van der Waals surface area contributed by atoms with Gasteiger partial charge in [0.05, 0.1) is 6.10 Å². The first-order valence-electron chi connectivity index (χ1n) is 6.49. The Kier molecular flexibility index (Phi) is 5.87. The zero-order chi connectivity index (χ0) is 12.1. The summed E-state index contributed by atoms with van der Waals surface area (Å²) in [4.78, 5) is 0. The Morgan fingerprint density at radius 2 is 1.40 bits per heavy atom. The smallest absolute Gasteiger partial charge is 0.0593 e. The van der Waals surface area contributed by atoms with Crippen LogP contribution in [0, 0.1) is 10.8 Å². The number of hydrogen-bond donors (Lipinski definition) is 1. The van der Waals surface area contributed by atoms with Crippen molar-refractivity contribution in [1.29, 1.82) is 0 Å². The van der Waals surface area contributed by atoms with Crippen molar-refractivity contribution < 1.29 is 5.11 Å². The van der Waals surface area contributed by atoms with Crippen molar-refractivity contribution in [3.05, 3.63) is 0 Å². The molecule has 0 aromatic rings. The molecule has 1 heteroatoms. The summed E-state index contributed by atoms with van der Waals surface area (Å²) in [6.07, 6.45) is 5.25. The topological polar surface area (TPSA) is 20.2 Å². The minimum absolute atomic E-state index is 0.115. The van der Waals surface area contributed by atoms with E-state index in [2.05, 4.69) is 41.5 Å². The predicted octanol–water partition coefficient (Wildman–Crippen LogP) is 4.39. The van der Waals surface area contributed by atoms with Crippen molar-refractivity contribution in [3.63, 3.8) is 0 Å². The molecule has 92 valence electrons.